The van der Waals surface area contributed by atoms with Crippen LogP contribution in [0.4, 0.5) is 0 Å². The Morgan fingerprint density at radius 1 is 1.25 bits per heavy atom. The molecule has 4 rings (SSSR count). The first-order valence-corrected chi connectivity index (χ1v) is 8.15. The molecule has 0 saturated heterocycles. The second kappa shape index (κ2) is 5.33. The smallest absolute Gasteiger partial charge is 0.180 e. The van der Waals surface area contributed by atoms with Crippen molar-refractivity contribution in [2.24, 2.45) is 0 Å². The van der Waals surface area contributed by atoms with E-state index in [1.54, 1.807) is 6.07 Å². The number of imidazole rings is 1. The van der Waals surface area contributed by atoms with E-state index in [2.05, 4.69) is 4.98 Å². The van der Waals surface area contributed by atoms with Gasteiger partial charge in [-0.3, -0.25) is 0 Å². The second-order valence-electron chi connectivity index (χ2n) is 6.34. The van der Waals surface area contributed by atoms with Crippen LogP contribution >= 0.6 is 0 Å². The summed E-state index contributed by atoms with van der Waals surface area (Å²) in [5.41, 5.74) is 1.56. The minimum Gasteiger partial charge on any atom is -0.479 e. The number of aliphatic hydroxyl groups excluding tert-OH is 1. The predicted octanol–water partition coefficient (Wildman–Crippen LogP) is 2.73. The van der Waals surface area contributed by atoms with E-state index < -0.39 is 17.8 Å². The van der Waals surface area contributed by atoms with Gasteiger partial charge in [-0.05, 0) is 25.0 Å². The van der Waals surface area contributed by atoms with Crippen LogP contribution in [0.1, 0.15) is 36.3 Å². The number of aryl methyl sites for hydroxylation is 1. The van der Waals surface area contributed by atoms with Gasteiger partial charge < -0.3 is 19.4 Å². The monoisotopic (exact) mass is 324 g/mol. The molecule has 0 amide bonds. The third kappa shape index (κ3) is 2.05. The minimum absolute atomic E-state index is 0.379. The summed E-state index contributed by atoms with van der Waals surface area (Å²) in [7, 11) is 0. The van der Waals surface area contributed by atoms with E-state index in [1.807, 2.05) is 61.0 Å². The molecule has 0 aliphatic carbocycles. The van der Waals surface area contributed by atoms with E-state index in [4.69, 9.17) is 4.74 Å². The molecule has 2 N–H and O–H groups in total. The van der Waals surface area contributed by atoms with Gasteiger partial charge in [-0.1, -0.05) is 37.3 Å². The molecule has 1 aromatic carbocycles. The van der Waals surface area contributed by atoms with Crippen molar-refractivity contribution in [3.05, 3.63) is 65.6 Å². The van der Waals surface area contributed by atoms with Crippen molar-refractivity contribution in [1.82, 2.24) is 9.38 Å². The highest BCUT2D eigenvalue weighted by Crippen LogP contribution is 2.47. The average molecular weight is 324 g/mol. The van der Waals surface area contributed by atoms with Crippen LogP contribution in [-0.4, -0.2) is 25.7 Å². The maximum atomic E-state index is 11.2. The van der Waals surface area contributed by atoms with Crippen molar-refractivity contribution < 1.29 is 14.9 Å². The summed E-state index contributed by atoms with van der Waals surface area (Å²) in [6, 6.07) is 11.3. The van der Waals surface area contributed by atoms with Gasteiger partial charge in [0, 0.05) is 18.0 Å². The molecule has 5 nitrogen and oxygen atoms in total. The summed E-state index contributed by atoms with van der Waals surface area (Å²) in [5, 5.41) is 22.1. The molecular formula is C19H20N2O3. The Bertz CT molecular complexity index is 890. The molecule has 0 unspecified atom stereocenters. The summed E-state index contributed by atoms with van der Waals surface area (Å²) < 4.78 is 8.04. The second-order valence-corrected chi connectivity index (χ2v) is 6.34. The highest BCUT2D eigenvalue weighted by atomic mass is 16.5. The Labute approximate surface area is 140 Å². The Morgan fingerprint density at radius 3 is 2.71 bits per heavy atom. The highest BCUT2D eigenvalue weighted by Gasteiger charge is 2.48. The number of hydrogen-bond acceptors (Lipinski definition) is 4. The van der Waals surface area contributed by atoms with Crippen molar-refractivity contribution in [2.75, 3.05) is 0 Å². The van der Waals surface area contributed by atoms with Crippen LogP contribution in [0.2, 0.25) is 0 Å². The third-order valence-electron chi connectivity index (χ3n) is 4.86. The van der Waals surface area contributed by atoms with Gasteiger partial charge in [0.15, 0.2) is 17.5 Å². The molecule has 0 saturated carbocycles. The summed E-state index contributed by atoms with van der Waals surface area (Å²) in [6.45, 7) is 3.78. The topological polar surface area (TPSA) is 67.0 Å². The van der Waals surface area contributed by atoms with Crippen molar-refractivity contribution in [3.63, 3.8) is 0 Å². The fourth-order valence-electron chi connectivity index (χ4n) is 3.50. The number of pyridine rings is 1. The molecule has 0 fully saturated rings. The molecule has 3 atom stereocenters. The molecule has 5 heteroatoms. The van der Waals surface area contributed by atoms with Crippen molar-refractivity contribution in [1.29, 1.82) is 0 Å². The molecule has 124 valence electrons. The van der Waals surface area contributed by atoms with E-state index in [-0.39, 0.29) is 0 Å². The van der Waals surface area contributed by atoms with Gasteiger partial charge >= 0.3 is 0 Å². The number of fused-ring (bicyclic) bond motifs is 3. The number of rotatable bonds is 2. The number of benzene rings is 1. The zero-order valence-corrected chi connectivity index (χ0v) is 13.7. The van der Waals surface area contributed by atoms with Crippen LogP contribution in [0.5, 0.6) is 5.75 Å². The lowest BCUT2D eigenvalue weighted by Crippen LogP contribution is -2.48. The van der Waals surface area contributed by atoms with Gasteiger partial charge in [-0.25, -0.2) is 4.98 Å². The van der Waals surface area contributed by atoms with Crippen LogP contribution in [0.15, 0.2) is 48.8 Å². The quantitative estimate of drug-likeness (QED) is 0.761. The zero-order valence-electron chi connectivity index (χ0n) is 13.7. The summed E-state index contributed by atoms with van der Waals surface area (Å²) >= 11 is 0. The molecule has 3 heterocycles. The lowest BCUT2D eigenvalue weighted by atomic mass is 9.79. The number of ether oxygens (including phenoxy) is 1. The van der Waals surface area contributed by atoms with Crippen LogP contribution in [0.25, 0.3) is 5.65 Å². The molecule has 1 aliphatic rings. The molecule has 2 aromatic heterocycles. The Kier molecular flexibility index (Phi) is 3.37. The van der Waals surface area contributed by atoms with Crippen LogP contribution < -0.4 is 4.74 Å². The lowest BCUT2D eigenvalue weighted by molar-refractivity contribution is -0.144. The van der Waals surface area contributed by atoms with Gasteiger partial charge in [0.2, 0.25) is 0 Å². The average Bonchev–Trinajstić information content (AvgIpc) is 2.99. The zero-order chi connectivity index (χ0) is 16.9. The molecule has 3 aromatic rings. The summed E-state index contributed by atoms with van der Waals surface area (Å²) in [5.74, 6) is 0.536. The van der Waals surface area contributed by atoms with Gasteiger partial charge in [-0.15, -0.1) is 0 Å². The molecule has 1 aliphatic heterocycles. The largest absolute Gasteiger partial charge is 0.479 e. The van der Waals surface area contributed by atoms with E-state index in [0.29, 0.717) is 23.4 Å². The number of nitrogens with zero attached hydrogens (tertiary/aromatic N) is 2. The lowest BCUT2D eigenvalue weighted by Gasteiger charge is -2.42. The summed E-state index contributed by atoms with van der Waals surface area (Å²) in [6.07, 6.45) is 2.42. The van der Waals surface area contributed by atoms with Crippen LogP contribution in [-0.2, 0) is 5.60 Å². The first-order valence-electron chi connectivity index (χ1n) is 8.15. The summed E-state index contributed by atoms with van der Waals surface area (Å²) in [4.78, 5) is 4.52. The number of hydrogen-bond donors (Lipinski definition) is 2. The van der Waals surface area contributed by atoms with Gasteiger partial charge in [0.05, 0.1) is 5.69 Å². The molecule has 0 spiro atoms. The van der Waals surface area contributed by atoms with Crippen LogP contribution in [0.3, 0.4) is 0 Å². The SMILES string of the molecule is CC[C@]1(O)c2ccn3cc(C)nc3c2O[C@H](c2ccccc2)[C@H]1O. The Hall–Kier alpha value is -2.37. The van der Waals surface area contributed by atoms with Gasteiger partial charge in [-0.2, -0.15) is 0 Å². The Morgan fingerprint density at radius 2 is 2.00 bits per heavy atom. The van der Waals surface area contributed by atoms with Gasteiger partial charge in [0.1, 0.15) is 11.7 Å². The molecule has 0 radical (unpaired) electrons. The van der Waals surface area contributed by atoms with E-state index in [9.17, 15) is 10.2 Å². The van der Waals surface area contributed by atoms with Crippen LogP contribution in [0, 0.1) is 6.92 Å². The predicted molar refractivity (Wildman–Crippen MR) is 89.9 cm³/mol. The fourth-order valence-corrected chi connectivity index (χ4v) is 3.50. The van der Waals surface area contributed by atoms with Crippen molar-refractivity contribution in [3.8, 4) is 5.75 Å². The molecule has 0 bridgehead atoms. The molecular weight excluding hydrogens is 304 g/mol. The van der Waals surface area contributed by atoms with E-state index in [0.717, 1.165) is 11.3 Å². The minimum atomic E-state index is -1.38. The third-order valence-corrected chi connectivity index (χ3v) is 4.86. The molecule has 24 heavy (non-hydrogen) atoms. The maximum Gasteiger partial charge on any atom is 0.180 e. The van der Waals surface area contributed by atoms with E-state index in [1.165, 1.54) is 0 Å². The fraction of sp³-hybridized carbons (Fsp3) is 0.316. The van der Waals surface area contributed by atoms with Crippen molar-refractivity contribution >= 4 is 5.65 Å². The highest BCUT2D eigenvalue weighted by molar-refractivity contribution is 5.62. The first-order chi connectivity index (χ1) is 11.5. The number of aromatic nitrogens is 2. The Balaban J connectivity index is 1.95. The maximum absolute atomic E-state index is 11.2. The van der Waals surface area contributed by atoms with Crippen molar-refractivity contribution in [2.45, 2.75) is 38.1 Å². The van der Waals surface area contributed by atoms with E-state index >= 15 is 0 Å². The normalized spacial score (nSPS) is 26.2. The number of aliphatic hydroxyl groups is 2. The first kappa shape index (κ1) is 15.2. The standard InChI is InChI=1S/C19H20N2O3/c1-3-19(23)14-9-10-21-11-12(2)20-18(21)16(14)24-15(17(19)22)13-7-5-4-6-8-13/h4-11,15,17,22-23H,3H2,1-2H3/t15-,17-,19+/m1/s1. The van der Waals surface area contributed by atoms with Gasteiger partial charge in [0.25, 0.3) is 0 Å².